The maximum absolute atomic E-state index is 12.9. The fourth-order valence-corrected chi connectivity index (χ4v) is 3.59. The molecular weight excluding hydrogens is 468 g/mol. The molecule has 0 aliphatic heterocycles. The summed E-state index contributed by atoms with van der Waals surface area (Å²) in [5.74, 6) is -1.26. The topological polar surface area (TPSA) is 82.5 Å². The molecule has 0 fully saturated rings. The van der Waals surface area contributed by atoms with Gasteiger partial charge in [-0.1, -0.05) is 20.8 Å². The molecular formula is C18H21F6N3O4S. The highest BCUT2D eigenvalue weighted by Crippen LogP contribution is 2.33. The summed E-state index contributed by atoms with van der Waals surface area (Å²) in [7, 11) is -3.17. The van der Waals surface area contributed by atoms with Crippen LogP contribution in [0.2, 0.25) is 0 Å². The fraction of sp³-hybridized carbons (Fsp3) is 0.500. The van der Waals surface area contributed by atoms with E-state index in [0.29, 0.717) is 11.8 Å². The number of benzene rings is 1. The Kier molecular flexibility index (Phi) is 6.98. The second-order valence-corrected chi connectivity index (χ2v) is 9.46. The van der Waals surface area contributed by atoms with Crippen molar-refractivity contribution >= 4 is 15.8 Å². The number of aryl methyl sites for hydroxylation is 1. The maximum Gasteiger partial charge on any atom is 0.422 e. The minimum Gasteiger partial charge on any atom is -0.484 e. The molecule has 0 unspecified atom stereocenters. The fourth-order valence-electron chi connectivity index (χ4n) is 2.35. The van der Waals surface area contributed by atoms with Gasteiger partial charge in [0.25, 0.3) is 10.0 Å². The number of halogens is 6. The monoisotopic (exact) mass is 489 g/mol. The number of anilines is 1. The lowest BCUT2D eigenvalue weighted by atomic mass is 9.92. The first-order chi connectivity index (χ1) is 14.4. The van der Waals surface area contributed by atoms with E-state index in [9.17, 15) is 34.8 Å². The first-order valence-electron chi connectivity index (χ1n) is 8.98. The average molecular weight is 489 g/mol. The minimum atomic E-state index is -4.77. The van der Waals surface area contributed by atoms with E-state index in [-0.39, 0.29) is 5.82 Å². The van der Waals surface area contributed by atoms with Gasteiger partial charge in [0.1, 0.15) is 22.2 Å². The number of nitrogens with zero attached hydrogens (tertiary/aromatic N) is 2. The summed E-state index contributed by atoms with van der Waals surface area (Å²) in [6, 6.07) is 3.74. The highest BCUT2D eigenvalue weighted by atomic mass is 32.2. The summed E-state index contributed by atoms with van der Waals surface area (Å²) >= 11 is 0. The highest BCUT2D eigenvalue weighted by molar-refractivity contribution is 7.92. The zero-order valence-electron chi connectivity index (χ0n) is 17.4. The number of hydrogen-bond acceptors (Lipinski definition) is 5. The summed E-state index contributed by atoms with van der Waals surface area (Å²) < 4.78 is 113. The summed E-state index contributed by atoms with van der Waals surface area (Å²) in [6.45, 7) is 1.96. The van der Waals surface area contributed by atoms with Gasteiger partial charge < -0.3 is 9.47 Å². The van der Waals surface area contributed by atoms with Gasteiger partial charge in [-0.2, -0.15) is 31.4 Å². The van der Waals surface area contributed by atoms with Gasteiger partial charge in [-0.3, -0.25) is 9.40 Å². The Bertz CT molecular complexity index is 1060. The van der Waals surface area contributed by atoms with Gasteiger partial charge in [0.15, 0.2) is 13.2 Å². The summed E-state index contributed by atoms with van der Waals surface area (Å²) in [6.07, 6.45) is -9.48. The minimum absolute atomic E-state index is 0.0155. The Labute approximate surface area is 180 Å². The Morgan fingerprint density at radius 3 is 2.03 bits per heavy atom. The van der Waals surface area contributed by atoms with E-state index in [0.717, 1.165) is 12.1 Å². The number of rotatable bonds is 7. The summed E-state index contributed by atoms with van der Waals surface area (Å²) in [4.78, 5) is -0.833. The highest BCUT2D eigenvalue weighted by Gasteiger charge is 2.32. The molecule has 0 spiro atoms. The van der Waals surface area contributed by atoms with Crippen LogP contribution in [0.25, 0.3) is 0 Å². The van der Waals surface area contributed by atoms with Crippen LogP contribution in [0, 0.1) is 0 Å². The molecule has 1 aromatic heterocycles. The third kappa shape index (κ3) is 7.21. The van der Waals surface area contributed by atoms with Crippen LogP contribution in [0.5, 0.6) is 11.5 Å². The van der Waals surface area contributed by atoms with Gasteiger partial charge in [0.2, 0.25) is 0 Å². The molecule has 0 radical (unpaired) electrons. The molecule has 0 saturated carbocycles. The van der Waals surface area contributed by atoms with Crippen molar-refractivity contribution in [2.24, 2.45) is 7.05 Å². The quantitative estimate of drug-likeness (QED) is 0.583. The third-order valence-electron chi connectivity index (χ3n) is 3.89. The lowest BCUT2D eigenvalue weighted by molar-refractivity contribution is -0.154. The van der Waals surface area contributed by atoms with E-state index >= 15 is 0 Å². The van der Waals surface area contributed by atoms with Crippen molar-refractivity contribution in [3.63, 3.8) is 0 Å². The van der Waals surface area contributed by atoms with Crippen LogP contribution in [-0.4, -0.2) is 43.8 Å². The Morgan fingerprint density at radius 2 is 1.53 bits per heavy atom. The van der Waals surface area contributed by atoms with Gasteiger partial charge in [0, 0.05) is 24.6 Å². The largest absolute Gasteiger partial charge is 0.484 e. The number of nitrogens with one attached hydrogen (secondary N) is 1. The molecule has 0 aliphatic rings. The number of aromatic nitrogens is 2. The Morgan fingerprint density at radius 1 is 0.969 bits per heavy atom. The van der Waals surface area contributed by atoms with Crippen molar-refractivity contribution in [1.82, 2.24) is 9.78 Å². The SMILES string of the molecule is Cn1nc(C(C)(C)C)cc1NS(=O)(=O)c1cc(OCC(F)(F)F)ccc1OCC(F)(F)F. The van der Waals surface area contributed by atoms with E-state index < -0.39 is 57.4 Å². The molecule has 0 atom stereocenters. The molecule has 32 heavy (non-hydrogen) atoms. The molecule has 14 heteroatoms. The third-order valence-corrected chi connectivity index (χ3v) is 5.26. The van der Waals surface area contributed by atoms with Crippen molar-refractivity contribution in [3.8, 4) is 11.5 Å². The van der Waals surface area contributed by atoms with E-state index in [1.165, 1.54) is 17.8 Å². The van der Waals surface area contributed by atoms with Crippen molar-refractivity contribution in [3.05, 3.63) is 30.0 Å². The zero-order valence-corrected chi connectivity index (χ0v) is 18.2. The maximum atomic E-state index is 12.9. The van der Waals surface area contributed by atoms with E-state index in [1.54, 1.807) is 0 Å². The molecule has 7 nitrogen and oxygen atoms in total. The predicted molar refractivity (Wildman–Crippen MR) is 102 cm³/mol. The van der Waals surface area contributed by atoms with Gasteiger partial charge in [-0.15, -0.1) is 0 Å². The molecule has 180 valence electrons. The average Bonchev–Trinajstić information content (AvgIpc) is 2.97. The van der Waals surface area contributed by atoms with E-state index in [1.807, 2.05) is 20.8 Å². The van der Waals surface area contributed by atoms with Crippen LogP contribution < -0.4 is 14.2 Å². The summed E-state index contributed by atoms with van der Waals surface area (Å²) in [5, 5.41) is 4.18. The molecule has 1 heterocycles. The van der Waals surface area contributed by atoms with Gasteiger partial charge in [-0.05, 0) is 12.1 Å². The molecule has 0 saturated heterocycles. The first-order valence-corrected chi connectivity index (χ1v) is 10.5. The Hall–Kier alpha value is -2.64. The molecule has 2 rings (SSSR count). The predicted octanol–water partition coefficient (Wildman–Crippen LogP) is 4.40. The Balaban J connectivity index is 2.44. The second kappa shape index (κ2) is 8.71. The molecule has 0 aliphatic carbocycles. The van der Waals surface area contributed by atoms with Crippen molar-refractivity contribution < 1.29 is 44.2 Å². The molecule has 1 aromatic carbocycles. The lowest BCUT2D eigenvalue weighted by Crippen LogP contribution is -2.22. The van der Waals surface area contributed by atoms with Crippen LogP contribution in [0.3, 0.4) is 0 Å². The van der Waals surface area contributed by atoms with Crippen molar-refractivity contribution in [2.75, 3.05) is 17.9 Å². The standard InChI is InChI=1S/C18H21F6N3O4S/c1-16(2,3)14-8-15(27(4)25-14)26-32(28,29)13-7-11(30-9-17(19,20)21)5-6-12(13)31-10-18(22,23)24/h5-8,26H,9-10H2,1-4H3. The number of ether oxygens (including phenoxy) is 2. The van der Waals surface area contributed by atoms with Crippen molar-refractivity contribution in [2.45, 2.75) is 43.4 Å². The van der Waals surface area contributed by atoms with Crippen molar-refractivity contribution in [1.29, 1.82) is 0 Å². The zero-order chi connectivity index (χ0) is 24.5. The van der Waals surface area contributed by atoms with Crippen LogP contribution in [-0.2, 0) is 22.5 Å². The number of hydrogen-bond donors (Lipinski definition) is 1. The first kappa shape index (κ1) is 25.6. The van der Waals surface area contributed by atoms with E-state index in [2.05, 4.69) is 19.3 Å². The number of alkyl halides is 6. The van der Waals surface area contributed by atoms with Crippen LogP contribution >= 0.6 is 0 Å². The lowest BCUT2D eigenvalue weighted by Gasteiger charge is -2.16. The van der Waals surface area contributed by atoms with Crippen LogP contribution in [0.15, 0.2) is 29.2 Å². The van der Waals surface area contributed by atoms with Crippen LogP contribution in [0.1, 0.15) is 26.5 Å². The van der Waals surface area contributed by atoms with Gasteiger partial charge in [0.05, 0.1) is 5.69 Å². The molecule has 0 bridgehead atoms. The second-order valence-electron chi connectivity index (χ2n) is 7.81. The molecule has 0 amide bonds. The molecule has 1 N–H and O–H groups in total. The van der Waals surface area contributed by atoms with Crippen LogP contribution in [0.4, 0.5) is 32.2 Å². The van der Waals surface area contributed by atoms with Gasteiger partial charge in [-0.25, -0.2) is 8.42 Å². The molecule has 2 aromatic rings. The van der Waals surface area contributed by atoms with E-state index in [4.69, 9.17) is 0 Å². The summed E-state index contributed by atoms with van der Waals surface area (Å²) in [5.41, 5.74) is 0.0850. The normalized spacial score (nSPS) is 13.2. The number of sulfonamides is 1. The van der Waals surface area contributed by atoms with Gasteiger partial charge >= 0.3 is 12.4 Å². The smallest absolute Gasteiger partial charge is 0.422 e.